The second kappa shape index (κ2) is 6.81. The summed E-state index contributed by atoms with van der Waals surface area (Å²) < 4.78 is 1.55. The summed E-state index contributed by atoms with van der Waals surface area (Å²) in [4.78, 5) is 2.87. The van der Waals surface area contributed by atoms with Gasteiger partial charge in [-0.15, -0.1) is 0 Å². The molecule has 1 unspecified atom stereocenters. The Hall–Kier alpha value is -1.08. The van der Waals surface area contributed by atoms with Gasteiger partial charge in [0.2, 0.25) is 0 Å². The number of nitrogens with zero attached hydrogens (tertiary/aromatic N) is 1. The van der Waals surface area contributed by atoms with Crippen LogP contribution in [0.3, 0.4) is 0 Å². The number of benzene rings is 2. The molecule has 0 N–H and O–H groups in total. The van der Waals surface area contributed by atoms with Gasteiger partial charge in [-0.05, 0) is 0 Å². The van der Waals surface area contributed by atoms with E-state index >= 15 is 0 Å². The van der Waals surface area contributed by atoms with Crippen LogP contribution in [0.2, 0.25) is 5.32 Å². The zero-order valence-corrected chi connectivity index (χ0v) is 15.5. The summed E-state index contributed by atoms with van der Waals surface area (Å²) in [6.45, 7) is 2.42. The number of hydrogen-bond donors (Lipinski definition) is 0. The van der Waals surface area contributed by atoms with E-state index in [0.29, 0.717) is 21.0 Å². The molecule has 0 amide bonds. The molecule has 0 radical (unpaired) electrons. The Kier molecular flexibility index (Phi) is 4.57. The Morgan fingerprint density at radius 1 is 1.00 bits per heavy atom. The molecule has 1 aliphatic heterocycles. The van der Waals surface area contributed by atoms with Crippen molar-refractivity contribution in [1.29, 1.82) is 0 Å². The van der Waals surface area contributed by atoms with Gasteiger partial charge in [0, 0.05) is 0 Å². The first kappa shape index (κ1) is 15.4. The molecule has 1 aliphatic carbocycles. The van der Waals surface area contributed by atoms with Crippen molar-refractivity contribution in [2.45, 2.75) is 49.6 Å². The summed E-state index contributed by atoms with van der Waals surface area (Å²) in [5.41, 5.74) is 1.48. The van der Waals surface area contributed by atoms with E-state index in [2.05, 4.69) is 72.5 Å². The zero-order valence-electron chi connectivity index (χ0n) is 13.8. The molecule has 1 nitrogen and oxygen atoms in total. The second-order valence-corrected chi connectivity index (χ2v) is 9.25. The van der Waals surface area contributed by atoms with Gasteiger partial charge in [-0.2, -0.15) is 0 Å². The van der Waals surface area contributed by atoms with Crippen LogP contribution in [0.1, 0.15) is 37.8 Å². The van der Waals surface area contributed by atoms with Crippen molar-refractivity contribution >= 4 is 19.4 Å². The van der Waals surface area contributed by atoms with Crippen molar-refractivity contribution in [3.05, 3.63) is 66.2 Å². The van der Waals surface area contributed by atoms with Crippen molar-refractivity contribution in [1.82, 2.24) is 4.90 Å². The number of likely N-dealkylation sites (tertiary alicyclic amines) is 1. The van der Waals surface area contributed by atoms with Crippen LogP contribution in [0, 0.1) is 5.92 Å². The molecule has 1 heterocycles. The third-order valence-corrected chi connectivity index (χ3v) is 8.02. The Morgan fingerprint density at radius 3 is 2.43 bits per heavy atom. The van der Waals surface area contributed by atoms with Crippen molar-refractivity contribution in [3.8, 4) is 0 Å². The molecule has 2 aliphatic rings. The third-order valence-electron chi connectivity index (χ3n) is 5.69. The van der Waals surface area contributed by atoms with Crippen molar-refractivity contribution in [3.63, 3.8) is 0 Å². The molecule has 4 rings (SSSR count). The Morgan fingerprint density at radius 2 is 1.70 bits per heavy atom. The molecule has 2 aromatic carbocycles. The van der Waals surface area contributed by atoms with Crippen LogP contribution in [-0.2, 0) is 0 Å². The van der Waals surface area contributed by atoms with Gasteiger partial charge in [0.1, 0.15) is 0 Å². The van der Waals surface area contributed by atoms with Gasteiger partial charge >= 0.3 is 146 Å². The van der Waals surface area contributed by atoms with Crippen LogP contribution in [0.25, 0.3) is 0 Å². The molecule has 0 aromatic heterocycles. The first-order valence-corrected chi connectivity index (χ1v) is 10.9. The van der Waals surface area contributed by atoms with Crippen molar-refractivity contribution in [2.24, 2.45) is 5.92 Å². The Balaban J connectivity index is 1.50. The van der Waals surface area contributed by atoms with E-state index in [1.165, 1.54) is 30.1 Å². The van der Waals surface area contributed by atoms with Gasteiger partial charge in [0.05, 0.1) is 0 Å². The molecular formula is C21H25NSe. The summed E-state index contributed by atoms with van der Waals surface area (Å²) in [5, 5.41) is 1.37. The maximum atomic E-state index is 2.87. The minimum absolute atomic E-state index is 0.558. The SMILES string of the molecule is CC(c1ccccc1)N1[C@H]2CC[C@H](C2)[C@@H]1C[Se]c1ccccc1. The average molecular weight is 370 g/mol. The van der Waals surface area contributed by atoms with Crippen molar-refractivity contribution < 1.29 is 0 Å². The monoisotopic (exact) mass is 371 g/mol. The zero-order chi connectivity index (χ0) is 15.6. The maximum absolute atomic E-state index is 2.87. The molecular weight excluding hydrogens is 345 g/mol. The molecule has 1 saturated heterocycles. The number of piperidine rings is 1. The van der Waals surface area contributed by atoms with Gasteiger partial charge < -0.3 is 0 Å². The Bertz CT molecular complexity index is 627. The molecule has 2 heteroatoms. The van der Waals surface area contributed by atoms with E-state index in [4.69, 9.17) is 0 Å². The van der Waals surface area contributed by atoms with E-state index in [1.54, 1.807) is 4.46 Å². The first-order chi connectivity index (χ1) is 11.3. The minimum atomic E-state index is 0.558. The fraction of sp³-hybridized carbons (Fsp3) is 0.429. The first-order valence-electron chi connectivity index (χ1n) is 8.83. The van der Waals surface area contributed by atoms with E-state index in [-0.39, 0.29) is 0 Å². The van der Waals surface area contributed by atoms with Crippen LogP contribution in [-0.4, -0.2) is 31.9 Å². The molecule has 0 spiro atoms. The molecule has 23 heavy (non-hydrogen) atoms. The summed E-state index contributed by atoms with van der Waals surface area (Å²) >= 11 is 0.602. The number of fused-ring (bicyclic) bond motifs is 2. The van der Waals surface area contributed by atoms with Gasteiger partial charge in [-0.3, -0.25) is 0 Å². The van der Waals surface area contributed by atoms with Crippen LogP contribution in [0.5, 0.6) is 0 Å². The number of hydrogen-bond acceptors (Lipinski definition) is 1. The fourth-order valence-corrected chi connectivity index (χ4v) is 6.98. The summed E-state index contributed by atoms with van der Waals surface area (Å²) in [5.74, 6) is 0.941. The van der Waals surface area contributed by atoms with Gasteiger partial charge in [0.25, 0.3) is 0 Å². The third kappa shape index (κ3) is 3.13. The van der Waals surface area contributed by atoms with E-state index < -0.39 is 0 Å². The van der Waals surface area contributed by atoms with E-state index in [1.807, 2.05) is 0 Å². The molecule has 2 fully saturated rings. The second-order valence-electron chi connectivity index (χ2n) is 6.95. The van der Waals surface area contributed by atoms with Crippen LogP contribution in [0.4, 0.5) is 0 Å². The molecule has 120 valence electrons. The average Bonchev–Trinajstić information content (AvgIpc) is 3.22. The van der Waals surface area contributed by atoms with Crippen LogP contribution in [0.15, 0.2) is 60.7 Å². The van der Waals surface area contributed by atoms with E-state index in [0.717, 1.165) is 18.0 Å². The topological polar surface area (TPSA) is 3.24 Å². The molecule has 1 saturated carbocycles. The van der Waals surface area contributed by atoms with Gasteiger partial charge in [0.15, 0.2) is 0 Å². The predicted molar refractivity (Wildman–Crippen MR) is 98.3 cm³/mol. The molecule has 2 aromatic rings. The normalized spacial score (nSPS) is 28.1. The summed E-state index contributed by atoms with van der Waals surface area (Å²) in [6.07, 6.45) is 4.31. The van der Waals surface area contributed by atoms with Gasteiger partial charge in [-0.25, -0.2) is 0 Å². The quantitative estimate of drug-likeness (QED) is 0.718. The molecule has 4 atom stereocenters. The summed E-state index contributed by atoms with van der Waals surface area (Å²) in [7, 11) is 0. The number of rotatable bonds is 5. The summed E-state index contributed by atoms with van der Waals surface area (Å²) in [6, 6.07) is 24.4. The van der Waals surface area contributed by atoms with Gasteiger partial charge in [-0.1, -0.05) is 0 Å². The molecule has 2 bridgehead atoms. The van der Waals surface area contributed by atoms with E-state index in [9.17, 15) is 0 Å². The van der Waals surface area contributed by atoms with Crippen LogP contribution >= 0.6 is 0 Å². The fourth-order valence-electron chi connectivity index (χ4n) is 4.55. The van der Waals surface area contributed by atoms with Crippen LogP contribution < -0.4 is 4.46 Å². The predicted octanol–water partition coefficient (Wildman–Crippen LogP) is 4.05. The van der Waals surface area contributed by atoms with Crippen molar-refractivity contribution in [2.75, 3.05) is 0 Å². The Labute approximate surface area is 146 Å². The standard InChI is InChI=1S/C21H25NSe/c1-16(17-8-4-2-5-9-17)22-19-13-12-18(14-19)21(22)15-23-20-10-6-3-7-11-20/h2-11,16,18-19,21H,12-15H2,1H3/t16?,18-,19+,21+/m1/s1.